The van der Waals surface area contributed by atoms with E-state index in [-0.39, 0.29) is 251 Å². The largest absolute Gasteiger partial charge is 0.462 e. The van der Waals surface area contributed by atoms with Gasteiger partial charge in [0.05, 0.1) is 163 Å². The van der Waals surface area contributed by atoms with E-state index in [0.717, 1.165) is 12.8 Å². The number of rotatable bonds is 27. The molecule has 19 aliphatic heterocycles. The summed E-state index contributed by atoms with van der Waals surface area (Å²) >= 11 is 0. The normalized spacial score (nSPS) is 39.8. The minimum atomic E-state index is -0.869. The molecule has 21 aliphatic rings. The quantitative estimate of drug-likeness (QED) is 0.0231. The van der Waals surface area contributed by atoms with E-state index in [9.17, 15) is 76.7 Å². The zero-order chi connectivity index (χ0) is 94.3. The molecule has 2 aliphatic carbocycles. The van der Waals surface area contributed by atoms with E-state index >= 15 is 0 Å². The van der Waals surface area contributed by atoms with Gasteiger partial charge in [-0.1, -0.05) is 53.0 Å². The molecule has 0 aromatic rings. The zero-order valence-corrected chi connectivity index (χ0v) is 70.5. The lowest BCUT2D eigenvalue weighted by molar-refractivity contribution is -0.167. The molecule has 7 N–H and O–H groups in total. The van der Waals surface area contributed by atoms with Crippen LogP contribution < -0.4 is 0 Å². The molecule has 0 aromatic carbocycles. The molecule has 14 bridgehead atoms. The summed E-state index contributed by atoms with van der Waals surface area (Å²) in [6.07, 6.45) is -5.86. The number of ether oxygens (including phenoxy) is 22. The van der Waals surface area contributed by atoms with Crippen LogP contribution in [0.2, 0.25) is 0 Å². The van der Waals surface area contributed by atoms with E-state index in [4.69, 9.17) is 135 Å². The molecule has 712 valence electrons. The van der Waals surface area contributed by atoms with Crippen LogP contribution in [0.5, 0.6) is 0 Å². The van der Waals surface area contributed by atoms with Crippen LogP contribution in [-0.2, 0) is 181 Å². The molecule has 21 rings (SSSR count). The van der Waals surface area contributed by atoms with E-state index in [1.807, 2.05) is 13.8 Å². The first-order valence-corrected chi connectivity index (χ1v) is 42.5. The SMILES string of the molecule is C=C(CO)C(=O)OC1C2CC3(C)C(=O)OC1C3O2.C=C(CO)C(=O)OC1C2CC3C(=O)OC1C3C2.C=C(CO)C(=O)OC1C2CC3C(=O)OC1C3O2.C=C(CO)C(=O)OC1C2OC3C1OC(=O)C3C2C.C=C(CO)C(=O)OCC(=O)OC1C2CC3C(=O)OC1C3O2.C=C(CO)C(=O)OCC1C2CC3C(=O)OC1C3O2.C=C(CO)C(=O)OCCC(=O)OC1C2CC3C(=O)OC1C3O2. The van der Waals surface area contributed by atoms with Crippen molar-refractivity contribution in [2.24, 2.45) is 64.6 Å². The zero-order valence-electron chi connectivity index (χ0n) is 70.5. The first kappa shape index (κ1) is 94.8. The Hall–Kier alpha value is -10.8. The number of hydrogen-bond donors (Lipinski definition) is 7. The Labute approximate surface area is 742 Å². The predicted octanol–water partition coefficient (Wildman–Crippen LogP) is -4.66. The minimum Gasteiger partial charge on any atom is -0.462 e. The minimum absolute atomic E-state index is 0.0142. The van der Waals surface area contributed by atoms with Crippen LogP contribution >= 0.6 is 0 Å². The van der Waals surface area contributed by atoms with Crippen LogP contribution in [0.3, 0.4) is 0 Å². The molecule has 36 unspecified atom stereocenters. The number of hydrogen-bond acceptors (Lipinski definition) is 45. The van der Waals surface area contributed by atoms with Gasteiger partial charge in [0.1, 0.15) is 80.4 Å². The van der Waals surface area contributed by atoms with Crippen molar-refractivity contribution >= 4 is 95.5 Å². The highest BCUT2D eigenvalue weighted by molar-refractivity contribution is 5.93. The fourth-order valence-corrected chi connectivity index (χ4v) is 20.7. The van der Waals surface area contributed by atoms with Crippen LogP contribution in [0.15, 0.2) is 85.1 Å². The highest BCUT2D eigenvalue weighted by Crippen LogP contribution is 2.58. The summed E-state index contributed by atoms with van der Waals surface area (Å²) in [5, 5.41) is 61.3. The van der Waals surface area contributed by atoms with E-state index < -0.39 is 173 Å². The number of aliphatic hydroxyl groups is 7. The van der Waals surface area contributed by atoms with Crippen molar-refractivity contribution in [2.45, 2.75) is 218 Å². The second kappa shape index (κ2) is 38.0. The average Bonchev–Trinajstić information content (AvgIpc) is 1.54. The van der Waals surface area contributed by atoms with Crippen molar-refractivity contribution in [2.75, 3.05) is 66.1 Å². The molecule has 0 aromatic heterocycles. The third kappa shape index (κ3) is 17.7. The molecule has 0 amide bonds. The first-order valence-electron chi connectivity index (χ1n) is 42.5. The van der Waals surface area contributed by atoms with Gasteiger partial charge >= 0.3 is 95.5 Å². The van der Waals surface area contributed by atoms with E-state index in [0.29, 0.717) is 32.1 Å². The third-order valence-electron chi connectivity index (χ3n) is 27.4. The van der Waals surface area contributed by atoms with E-state index in [1.165, 1.54) is 0 Å². The van der Waals surface area contributed by atoms with Gasteiger partial charge in [0, 0.05) is 17.8 Å². The highest BCUT2D eigenvalue weighted by atomic mass is 16.7. The summed E-state index contributed by atoms with van der Waals surface area (Å²) in [7, 11) is 0. The molecule has 45 nitrogen and oxygen atoms in total. The number of carbonyl (C=O) groups is 16. The number of carbonyl (C=O) groups excluding carboxylic acids is 16. The lowest BCUT2D eigenvalue weighted by Gasteiger charge is -2.26. The molecule has 19 heterocycles. The van der Waals surface area contributed by atoms with E-state index in [2.05, 4.69) is 50.8 Å². The maximum absolute atomic E-state index is 11.8. The Balaban J connectivity index is 0.000000117. The van der Waals surface area contributed by atoms with Gasteiger partial charge in [-0.3, -0.25) is 38.4 Å². The molecule has 19 saturated heterocycles. The summed E-state index contributed by atoms with van der Waals surface area (Å²) in [5.41, 5.74) is -0.858. The summed E-state index contributed by atoms with van der Waals surface area (Å²) in [5.74, 6) is -8.80. The molecule has 0 spiro atoms. The molecule has 36 atom stereocenters. The van der Waals surface area contributed by atoms with Gasteiger partial charge in [0.25, 0.3) is 0 Å². The molecular formula is C86H98O45. The van der Waals surface area contributed by atoms with Crippen LogP contribution in [0.4, 0.5) is 0 Å². The maximum Gasteiger partial charge on any atom is 0.344 e. The number of fused-ring (bicyclic) bond motifs is 7. The molecule has 131 heavy (non-hydrogen) atoms. The van der Waals surface area contributed by atoms with Crippen LogP contribution in [0.25, 0.3) is 0 Å². The van der Waals surface area contributed by atoms with Gasteiger partial charge in [0.2, 0.25) is 0 Å². The summed E-state index contributed by atoms with van der Waals surface area (Å²) in [6, 6.07) is 0. The second-order valence-electron chi connectivity index (χ2n) is 35.3. The maximum atomic E-state index is 11.8. The predicted molar refractivity (Wildman–Crippen MR) is 412 cm³/mol. The molecule has 2 saturated carbocycles. The van der Waals surface area contributed by atoms with Crippen LogP contribution in [0, 0.1) is 64.6 Å². The molecular weight excluding hydrogens is 1750 g/mol. The lowest BCUT2D eigenvalue weighted by Crippen LogP contribution is -2.44. The lowest BCUT2D eigenvalue weighted by atomic mass is 9.76. The smallest absolute Gasteiger partial charge is 0.344 e. The van der Waals surface area contributed by atoms with Crippen LogP contribution in [0.1, 0.15) is 65.2 Å². The first-order chi connectivity index (χ1) is 62.4. The molecule has 21 fully saturated rings. The topological polar surface area (TPSA) is 618 Å². The van der Waals surface area contributed by atoms with Gasteiger partial charge in [-0.05, 0) is 51.9 Å². The van der Waals surface area contributed by atoms with E-state index in [1.54, 1.807) is 0 Å². The Morgan fingerprint density at radius 1 is 0.344 bits per heavy atom. The average molecular weight is 1850 g/mol. The Morgan fingerprint density at radius 3 is 1.21 bits per heavy atom. The monoisotopic (exact) mass is 1850 g/mol. The van der Waals surface area contributed by atoms with Crippen molar-refractivity contribution in [1.82, 2.24) is 0 Å². The summed E-state index contributed by atoms with van der Waals surface area (Å²) < 4.78 is 116. The fourth-order valence-electron chi connectivity index (χ4n) is 20.7. The Kier molecular flexibility index (Phi) is 27.5. The van der Waals surface area contributed by atoms with Crippen molar-refractivity contribution in [3.05, 3.63) is 85.1 Å². The van der Waals surface area contributed by atoms with Gasteiger partial charge in [-0.15, -0.1) is 0 Å². The Morgan fingerprint density at radius 2 is 0.718 bits per heavy atom. The number of aliphatic hydroxyl groups excluding tert-OH is 7. The Bertz CT molecular complexity index is 4680. The van der Waals surface area contributed by atoms with Crippen LogP contribution in [-0.4, -0.2) is 350 Å². The van der Waals surface area contributed by atoms with Gasteiger partial charge < -0.3 is 140 Å². The summed E-state index contributed by atoms with van der Waals surface area (Å²) in [4.78, 5) is 184. The van der Waals surface area contributed by atoms with Gasteiger partial charge in [-0.2, -0.15) is 0 Å². The second-order valence-corrected chi connectivity index (χ2v) is 35.3. The highest BCUT2D eigenvalue weighted by Gasteiger charge is 2.74. The van der Waals surface area contributed by atoms with Crippen molar-refractivity contribution in [3.63, 3.8) is 0 Å². The van der Waals surface area contributed by atoms with Gasteiger partial charge in [-0.25, -0.2) is 38.4 Å². The van der Waals surface area contributed by atoms with Gasteiger partial charge in [0.15, 0.2) is 67.6 Å². The standard InChI is InChI=1S/C14H16O8.C13H14O8.3C12H14O6.C12H14O5.C11H12O6/c1-6(5-15)13(17)19-3-2-9(16)21-11-8-4-7-10(20-8)12(11)22-14(7)18;1-5(3-14)12(16)18-4-8(15)20-10-7-2-6-9(19-7)11(10)21-13(6)17;1-5(4-13)10(14)17-7-6-3-12(2)9(16-6)8(7)18-11(12)15;1-5(3-13)11(14)16-4-7-8-2-6-9(17-8)10(7)18-12(6)15;1-4(3-13)11(14)17-9-7-5(2)6-8(16-7)10(9)18-12(6)15;1-5(4-13)11(14)16-9-6-2-7-8(3-6)12(15)17-10(7)9;1-4(3-12)10(13)16-8-6-2-5-7(15-6)9(8)17-11(5)14/h7-8,10-12,15H,1-5H2;6-7,9-11,14H,1-4H2;6-9,13H,1,3-4H2,2H3;6-10,13H,1-4H2;5-10,13H,1,3H2,2H3;6-10,13H,1-4H2;5-9,12H,1-3H2. The van der Waals surface area contributed by atoms with Crippen molar-refractivity contribution in [1.29, 1.82) is 0 Å². The van der Waals surface area contributed by atoms with Crippen molar-refractivity contribution in [3.8, 4) is 0 Å². The third-order valence-corrected chi connectivity index (χ3v) is 27.4. The molecule has 45 heteroatoms. The molecule has 0 radical (unpaired) electrons. The summed E-state index contributed by atoms with van der Waals surface area (Å²) in [6.45, 7) is 23.4. The number of esters is 16. The fraction of sp³-hybridized carbons (Fsp3) is 0.651. The van der Waals surface area contributed by atoms with Crippen molar-refractivity contribution < 1.29 is 217 Å².